The molecule has 0 radical (unpaired) electrons. The number of carbonyl (C=O) groups is 2. The number of nitrogens with zero attached hydrogens (tertiary/aromatic N) is 3. The number of halogens is 2. The zero-order valence-electron chi connectivity index (χ0n) is 22.2. The Morgan fingerprint density at radius 3 is 2.49 bits per heavy atom. The van der Waals surface area contributed by atoms with Crippen LogP contribution in [0.1, 0.15) is 50.6 Å². The van der Waals surface area contributed by atoms with Crippen LogP contribution < -0.4 is 0 Å². The van der Waals surface area contributed by atoms with Gasteiger partial charge in [-0.2, -0.15) is 0 Å². The van der Waals surface area contributed by atoms with Crippen LogP contribution in [0.2, 0.25) is 0 Å². The summed E-state index contributed by atoms with van der Waals surface area (Å²) in [6.45, 7) is 5.16. The summed E-state index contributed by atoms with van der Waals surface area (Å²) >= 11 is 0. The lowest BCUT2D eigenvalue weighted by Crippen LogP contribution is -2.56. The first-order chi connectivity index (χ1) is 18.7. The third kappa shape index (κ3) is 3.81. The van der Waals surface area contributed by atoms with E-state index >= 15 is 4.39 Å². The molecular weight excluding hydrogens is 496 g/mol. The van der Waals surface area contributed by atoms with Crippen LogP contribution in [0.4, 0.5) is 8.78 Å². The van der Waals surface area contributed by atoms with Crippen molar-refractivity contribution in [3.05, 3.63) is 77.4 Å². The number of alkyl halides is 1. The summed E-state index contributed by atoms with van der Waals surface area (Å²) in [6, 6.07) is 15.6. The van der Waals surface area contributed by atoms with Gasteiger partial charge >= 0.3 is 0 Å². The Morgan fingerprint density at radius 2 is 1.74 bits per heavy atom. The highest BCUT2D eigenvalue weighted by Gasteiger charge is 2.58. The van der Waals surface area contributed by atoms with Gasteiger partial charge in [0.1, 0.15) is 24.6 Å². The topological polar surface area (TPSA) is 72.8 Å². The van der Waals surface area contributed by atoms with Crippen LogP contribution in [0.25, 0.3) is 33.5 Å². The average Bonchev–Trinajstić information content (AvgIpc) is 2.94. The molecule has 0 aliphatic heterocycles. The molecule has 39 heavy (non-hydrogen) atoms. The van der Waals surface area contributed by atoms with Gasteiger partial charge in [-0.3, -0.25) is 4.79 Å². The molecule has 1 saturated carbocycles. The van der Waals surface area contributed by atoms with Gasteiger partial charge in [-0.1, -0.05) is 51.1 Å². The Kier molecular flexibility index (Phi) is 5.93. The fourth-order valence-corrected chi connectivity index (χ4v) is 7.15. The summed E-state index contributed by atoms with van der Waals surface area (Å²) in [5, 5.41) is 0.761. The number of aldehydes is 1. The second kappa shape index (κ2) is 9.11. The minimum Gasteiger partial charge on any atom is -0.303 e. The van der Waals surface area contributed by atoms with E-state index in [0.717, 1.165) is 22.9 Å². The molecule has 2 aliphatic rings. The van der Waals surface area contributed by atoms with Crippen molar-refractivity contribution < 1.29 is 18.4 Å². The van der Waals surface area contributed by atoms with Gasteiger partial charge in [0.05, 0.1) is 28.5 Å². The highest BCUT2D eigenvalue weighted by atomic mass is 19.1. The van der Waals surface area contributed by atoms with E-state index in [9.17, 15) is 14.0 Å². The summed E-state index contributed by atoms with van der Waals surface area (Å²) in [5.74, 6) is -0.903. The summed E-state index contributed by atoms with van der Waals surface area (Å²) in [7, 11) is 0. The van der Waals surface area contributed by atoms with E-state index in [0.29, 0.717) is 47.4 Å². The minimum absolute atomic E-state index is 0.0419. The Bertz CT molecular complexity index is 1650. The minimum atomic E-state index is -0.750. The summed E-state index contributed by atoms with van der Waals surface area (Å²) in [4.78, 5) is 39.8. The van der Waals surface area contributed by atoms with Gasteiger partial charge in [0.2, 0.25) is 0 Å². The van der Waals surface area contributed by atoms with Gasteiger partial charge in [-0.15, -0.1) is 0 Å². The van der Waals surface area contributed by atoms with Crippen LogP contribution in [0.5, 0.6) is 0 Å². The Labute approximate surface area is 225 Å². The lowest BCUT2D eigenvalue weighted by atomic mass is 9.49. The van der Waals surface area contributed by atoms with Crippen molar-refractivity contribution in [1.82, 2.24) is 15.0 Å². The first-order valence-corrected chi connectivity index (χ1v) is 13.3. The number of hydrogen-bond donors (Lipinski definition) is 0. The van der Waals surface area contributed by atoms with Crippen molar-refractivity contribution in [2.24, 2.45) is 17.3 Å². The van der Waals surface area contributed by atoms with Gasteiger partial charge in [0, 0.05) is 32.9 Å². The van der Waals surface area contributed by atoms with E-state index in [-0.39, 0.29) is 17.4 Å². The van der Waals surface area contributed by atoms with Crippen molar-refractivity contribution in [1.29, 1.82) is 0 Å². The predicted octanol–water partition coefficient (Wildman–Crippen LogP) is 6.60. The standard InChI is InChI=1S/C32H29F2N3O2/c1-31(2)26-13-12-22-27(21-9-4-6-10-24(21)34)36-30(37-28(22)32(26,3)15-18(17-38)29(31)39)23-14-19(16-33)35-25-11-7-5-8-20(23)25/h4-11,14,17-18,26H,12-13,15-16H2,1-3H3/t18?,26-,32-/m1/s1. The Hall–Kier alpha value is -3.87. The molecule has 1 unspecified atom stereocenters. The molecule has 0 N–H and O–H groups in total. The molecule has 0 saturated heterocycles. The molecule has 1 fully saturated rings. The highest BCUT2D eigenvalue weighted by molar-refractivity contribution is 5.98. The van der Waals surface area contributed by atoms with Gasteiger partial charge in [0.15, 0.2) is 5.82 Å². The maximum atomic E-state index is 15.3. The van der Waals surface area contributed by atoms with Gasteiger partial charge in [0.25, 0.3) is 0 Å². The van der Waals surface area contributed by atoms with E-state index in [4.69, 9.17) is 9.97 Å². The summed E-state index contributed by atoms with van der Waals surface area (Å²) < 4.78 is 29.1. The van der Waals surface area contributed by atoms with Crippen LogP contribution in [0.3, 0.4) is 0 Å². The molecule has 198 valence electrons. The molecule has 0 spiro atoms. The van der Waals surface area contributed by atoms with Gasteiger partial charge in [-0.25, -0.2) is 23.7 Å². The van der Waals surface area contributed by atoms with Gasteiger partial charge in [-0.05, 0) is 49.4 Å². The summed E-state index contributed by atoms with van der Waals surface area (Å²) in [5.41, 5.74) is 2.55. The highest BCUT2D eigenvalue weighted by Crippen LogP contribution is 2.57. The quantitative estimate of drug-likeness (QED) is 0.222. The van der Waals surface area contributed by atoms with E-state index < -0.39 is 29.2 Å². The smallest absolute Gasteiger partial charge is 0.160 e. The number of Topliss-reactive ketones (excluding diaryl/α,β-unsaturated/α-hetero) is 1. The molecule has 2 aromatic heterocycles. The average molecular weight is 526 g/mol. The summed E-state index contributed by atoms with van der Waals surface area (Å²) in [6.07, 6.45) is 2.36. The molecule has 3 atom stereocenters. The zero-order valence-corrected chi connectivity index (χ0v) is 22.2. The molecule has 2 aliphatic carbocycles. The number of hydrogen-bond acceptors (Lipinski definition) is 5. The second-order valence-electron chi connectivity index (χ2n) is 11.6. The largest absolute Gasteiger partial charge is 0.303 e. The van der Waals surface area contributed by atoms with Crippen LogP contribution in [-0.2, 0) is 28.1 Å². The molecule has 2 aromatic carbocycles. The van der Waals surface area contributed by atoms with Crippen molar-refractivity contribution in [2.75, 3.05) is 0 Å². The monoisotopic (exact) mass is 525 g/mol. The van der Waals surface area contributed by atoms with Crippen molar-refractivity contribution in [3.8, 4) is 22.6 Å². The van der Waals surface area contributed by atoms with Crippen LogP contribution in [0.15, 0.2) is 54.6 Å². The van der Waals surface area contributed by atoms with Crippen molar-refractivity contribution >= 4 is 23.0 Å². The molecule has 0 bridgehead atoms. The van der Waals surface area contributed by atoms with Crippen molar-refractivity contribution in [2.45, 2.75) is 52.1 Å². The maximum Gasteiger partial charge on any atom is 0.160 e. The number of rotatable bonds is 4. The SMILES string of the molecule is CC1(C)C(=O)C(C=O)C[C@@]2(C)c3nc(-c4cc(CF)nc5ccccc45)nc(-c4ccccc4F)c3CC[C@H]12. The van der Waals surface area contributed by atoms with E-state index in [1.54, 1.807) is 24.3 Å². The van der Waals surface area contributed by atoms with Crippen molar-refractivity contribution in [3.63, 3.8) is 0 Å². The number of benzene rings is 2. The van der Waals surface area contributed by atoms with Crippen LogP contribution in [-0.4, -0.2) is 27.0 Å². The Morgan fingerprint density at radius 1 is 1.00 bits per heavy atom. The molecule has 2 heterocycles. The van der Waals surface area contributed by atoms with Gasteiger partial charge < -0.3 is 4.79 Å². The second-order valence-corrected chi connectivity index (χ2v) is 11.6. The zero-order chi connectivity index (χ0) is 27.5. The third-order valence-electron chi connectivity index (χ3n) is 8.93. The fourth-order valence-electron chi connectivity index (χ4n) is 7.15. The molecule has 5 nitrogen and oxygen atoms in total. The first kappa shape index (κ1) is 25.4. The number of fused-ring (bicyclic) bond motifs is 4. The normalized spacial score (nSPS) is 23.8. The lowest BCUT2D eigenvalue weighted by molar-refractivity contribution is -0.145. The van der Waals surface area contributed by atoms with Crippen LogP contribution >= 0.6 is 0 Å². The number of carbonyl (C=O) groups excluding carboxylic acids is 2. The fraction of sp³-hybridized carbons (Fsp3) is 0.344. The number of pyridine rings is 1. The first-order valence-electron chi connectivity index (χ1n) is 13.3. The number of para-hydroxylation sites is 1. The van der Waals surface area contributed by atoms with E-state index in [1.807, 2.05) is 38.1 Å². The number of ketones is 1. The molecule has 6 rings (SSSR count). The third-order valence-corrected chi connectivity index (χ3v) is 8.93. The maximum absolute atomic E-state index is 15.3. The molecule has 4 aromatic rings. The van der Waals surface area contributed by atoms with Crippen LogP contribution in [0, 0.1) is 23.1 Å². The molecular formula is C32H29F2N3O2. The van der Waals surface area contributed by atoms with E-state index in [2.05, 4.69) is 11.9 Å². The predicted molar refractivity (Wildman–Crippen MR) is 145 cm³/mol. The molecule has 0 amide bonds. The lowest BCUT2D eigenvalue weighted by Gasteiger charge is -2.54. The molecule has 7 heteroatoms. The van der Waals surface area contributed by atoms with E-state index in [1.165, 1.54) is 6.07 Å². The number of aromatic nitrogens is 3. The Balaban J connectivity index is 1.68.